The maximum atomic E-state index is 13.1. The monoisotopic (exact) mass is 403 g/mol. The van der Waals surface area contributed by atoms with Crippen molar-refractivity contribution in [2.24, 2.45) is 0 Å². The highest BCUT2D eigenvalue weighted by atomic mass is 32.2. The molecule has 0 aromatic heterocycles. The summed E-state index contributed by atoms with van der Waals surface area (Å²) < 4.78 is 25.8. The van der Waals surface area contributed by atoms with Crippen molar-refractivity contribution in [3.8, 4) is 0 Å². The molecule has 0 bridgehead atoms. The van der Waals surface area contributed by atoms with Crippen molar-refractivity contribution in [1.29, 1.82) is 0 Å². The number of fused-ring (bicyclic) bond motifs is 1. The fourth-order valence-electron chi connectivity index (χ4n) is 3.51. The third-order valence-corrected chi connectivity index (χ3v) is 5.95. The molecular weight excluding hydrogens is 382 g/mol. The number of nitro groups is 1. The zero-order valence-electron chi connectivity index (χ0n) is 15.8. The molecule has 3 rings (SSSR count). The molecule has 148 valence electrons. The number of benzene rings is 2. The minimum absolute atomic E-state index is 0.0995. The standard InChI is InChI=1S/C19H21N3O5S/c1-13-8-9-16(22(24)25)11-18(13)20(28(3,26)27)12-19(23)21-14(2)10-15-6-4-5-7-17(15)21/h4-9,11,14H,10,12H2,1-3H3/t14-/m1/s1. The maximum Gasteiger partial charge on any atom is 0.271 e. The highest BCUT2D eigenvalue weighted by molar-refractivity contribution is 7.92. The number of nitro benzene ring substituents is 1. The highest BCUT2D eigenvalue weighted by Gasteiger charge is 2.33. The Morgan fingerprint density at radius 3 is 2.61 bits per heavy atom. The van der Waals surface area contributed by atoms with E-state index in [2.05, 4.69) is 0 Å². The van der Waals surface area contributed by atoms with Gasteiger partial charge < -0.3 is 4.90 Å². The lowest BCUT2D eigenvalue weighted by Crippen LogP contribution is -2.45. The Kier molecular flexibility index (Phi) is 5.12. The number of aryl methyl sites for hydroxylation is 1. The fourth-order valence-corrected chi connectivity index (χ4v) is 4.40. The van der Waals surface area contributed by atoms with Crippen LogP contribution in [0, 0.1) is 17.0 Å². The van der Waals surface area contributed by atoms with Crippen LogP contribution in [0.5, 0.6) is 0 Å². The van der Waals surface area contributed by atoms with Crippen molar-refractivity contribution in [1.82, 2.24) is 0 Å². The van der Waals surface area contributed by atoms with Crippen molar-refractivity contribution < 1.29 is 18.1 Å². The summed E-state index contributed by atoms with van der Waals surface area (Å²) in [6.45, 7) is 3.12. The minimum Gasteiger partial charge on any atom is -0.307 e. The lowest BCUT2D eigenvalue weighted by molar-refractivity contribution is -0.384. The summed E-state index contributed by atoms with van der Waals surface area (Å²) >= 11 is 0. The molecule has 8 nitrogen and oxygen atoms in total. The molecule has 28 heavy (non-hydrogen) atoms. The topological polar surface area (TPSA) is 101 Å². The van der Waals surface area contributed by atoms with Gasteiger partial charge in [-0.3, -0.25) is 19.2 Å². The van der Waals surface area contributed by atoms with E-state index in [1.807, 2.05) is 31.2 Å². The second-order valence-electron chi connectivity index (χ2n) is 6.94. The Morgan fingerprint density at radius 1 is 1.29 bits per heavy atom. The number of para-hydroxylation sites is 1. The summed E-state index contributed by atoms with van der Waals surface area (Å²) in [5.74, 6) is -0.381. The lowest BCUT2D eigenvalue weighted by atomic mass is 10.1. The smallest absolute Gasteiger partial charge is 0.271 e. The number of amides is 1. The van der Waals surface area contributed by atoms with Crippen LogP contribution >= 0.6 is 0 Å². The van der Waals surface area contributed by atoms with Crippen LogP contribution in [0.3, 0.4) is 0 Å². The third kappa shape index (κ3) is 3.70. The van der Waals surface area contributed by atoms with E-state index in [1.54, 1.807) is 11.8 Å². The maximum absolute atomic E-state index is 13.1. The van der Waals surface area contributed by atoms with Crippen LogP contribution in [0.2, 0.25) is 0 Å². The van der Waals surface area contributed by atoms with Gasteiger partial charge in [0.2, 0.25) is 15.9 Å². The van der Waals surface area contributed by atoms with Crippen LogP contribution in [0.4, 0.5) is 17.1 Å². The fraction of sp³-hybridized carbons (Fsp3) is 0.316. The van der Waals surface area contributed by atoms with E-state index in [0.717, 1.165) is 21.8 Å². The first-order valence-electron chi connectivity index (χ1n) is 8.72. The Morgan fingerprint density at radius 2 is 1.96 bits per heavy atom. The van der Waals surface area contributed by atoms with Gasteiger partial charge in [-0.1, -0.05) is 24.3 Å². The van der Waals surface area contributed by atoms with Crippen molar-refractivity contribution in [2.75, 3.05) is 22.0 Å². The molecule has 1 amide bonds. The molecule has 0 fully saturated rings. The van der Waals surface area contributed by atoms with Crippen LogP contribution < -0.4 is 9.21 Å². The van der Waals surface area contributed by atoms with Gasteiger partial charge in [0.25, 0.3) is 5.69 Å². The van der Waals surface area contributed by atoms with Gasteiger partial charge in [-0.15, -0.1) is 0 Å². The van der Waals surface area contributed by atoms with E-state index in [1.165, 1.54) is 18.2 Å². The molecular formula is C19H21N3O5S. The van der Waals surface area contributed by atoms with Crippen LogP contribution in [0.15, 0.2) is 42.5 Å². The zero-order valence-corrected chi connectivity index (χ0v) is 16.6. The van der Waals surface area contributed by atoms with Gasteiger partial charge in [-0.25, -0.2) is 8.42 Å². The van der Waals surface area contributed by atoms with Crippen LogP contribution in [-0.4, -0.2) is 38.1 Å². The number of sulfonamides is 1. The van der Waals surface area contributed by atoms with Crippen LogP contribution in [0.1, 0.15) is 18.1 Å². The summed E-state index contributed by atoms with van der Waals surface area (Å²) in [4.78, 5) is 25.2. The highest BCUT2D eigenvalue weighted by Crippen LogP contribution is 2.33. The Bertz CT molecular complexity index is 1050. The average molecular weight is 403 g/mol. The molecule has 0 spiro atoms. The van der Waals surface area contributed by atoms with Crippen LogP contribution in [-0.2, 0) is 21.2 Å². The van der Waals surface area contributed by atoms with Gasteiger partial charge in [0, 0.05) is 23.9 Å². The quantitative estimate of drug-likeness (QED) is 0.564. The minimum atomic E-state index is -3.84. The van der Waals surface area contributed by atoms with Crippen molar-refractivity contribution >= 4 is 33.0 Å². The first-order valence-corrected chi connectivity index (χ1v) is 10.6. The van der Waals surface area contributed by atoms with E-state index in [4.69, 9.17) is 0 Å². The third-order valence-electron chi connectivity index (χ3n) is 4.83. The molecule has 2 aromatic carbocycles. The molecule has 2 aromatic rings. The van der Waals surface area contributed by atoms with Crippen molar-refractivity contribution in [2.45, 2.75) is 26.3 Å². The molecule has 1 heterocycles. The van der Waals surface area contributed by atoms with Gasteiger partial charge >= 0.3 is 0 Å². The Balaban J connectivity index is 1.99. The first-order chi connectivity index (χ1) is 13.1. The second kappa shape index (κ2) is 7.23. The molecule has 1 atom stereocenters. The summed E-state index contributed by atoms with van der Waals surface area (Å²) in [6, 6.07) is 11.4. The van der Waals surface area contributed by atoms with E-state index in [0.29, 0.717) is 12.0 Å². The van der Waals surface area contributed by atoms with E-state index in [9.17, 15) is 23.3 Å². The van der Waals surface area contributed by atoms with Crippen molar-refractivity contribution in [3.63, 3.8) is 0 Å². The van der Waals surface area contributed by atoms with E-state index in [-0.39, 0.29) is 23.3 Å². The average Bonchev–Trinajstić information content (AvgIpc) is 2.94. The van der Waals surface area contributed by atoms with Crippen LogP contribution in [0.25, 0.3) is 0 Å². The number of hydrogen-bond acceptors (Lipinski definition) is 5. The van der Waals surface area contributed by atoms with Gasteiger partial charge in [0.05, 0.1) is 16.9 Å². The summed E-state index contributed by atoms with van der Waals surface area (Å²) in [5.41, 5.74) is 2.22. The number of hydrogen-bond donors (Lipinski definition) is 0. The Labute approximate surface area is 163 Å². The van der Waals surface area contributed by atoms with Gasteiger partial charge in [0.15, 0.2) is 0 Å². The molecule has 0 aliphatic carbocycles. The molecule has 9 heteroatoms. The summed E-state index contributed by atoms with van der Waals surface area (Å²) in [7, 11) is -3.84. The largest absolute Gasteiger partial charge is 0.307 e. The normalized spacial score (nSPS) is 16.0. The molecule has 0 unspecified atom stereocenters. The Hall–Kier alpha value is -2.94. The van der Waals surface area contributed by atoms with Gasteiger partial charge in [-0.05, 0) is 37.5 Å². The molecule has 0 radical (unpaired) electrons. The number of anilines is 2. The molecule has 0 N–H and O–H groups in total. The molecule has 0 saturated heterocycles. The predicted molar refractivity (Wildman–Crippen MR) is 107 cm³/mol. The summed E-state index contributed by atoms with van der Waals surface area (Å²) in [5, 5.41) is 11.1. The van der Waals surface area contributed by atoms with Gasteiger partial charge in [0.1, 0.15) is 6.54 Å². The summed E-state index contributed by atoms with van der Waals surface area (Å²) in [6.07, 6.45) is 1.68. The first kappa shape index (κ1) is 19.8. The van der Waals surface area contributed by atoms with E-state index < -0.39 is 21.5 Å². The lowest BCUT2D eigenvalue weighted by Gasteiger charge is -2.28. The number of nitrogens with zero attached hydrogens (tertiary/aromatic N) is 3. The number of carbonyl (C=O) groups excluding carboxylic acids is 1. The SMILES string of the molecule is Cc1ccc([N+](=O)[O-])cc1N(CC(=O)N1c2ccccc2C[C@H]1C)S(C)(=O)=O. The molecule has 0 saturated carbocycles. The number of rotatable bonds is 5. The molecule has 1 aliphatic rings. The molecule has 1 aliphatic heterocycles. The van der Waals surface area contributed by atoms with Gasteiger partial charge in [-0.2, -0.15) is 0 Å². The number of non-ortho nitro benzene ring substituents is 1. The zero-order chi connectivity index (χ0) is 20.6. The second-order valence-corrected chi connectivity index (χ2v) is 8.85. The predicted octanol–water partition coefficient (Wildman–Crippen LogP) is 2.65. The van der Waals surface area contributed by atoms with Crippen molar-refractivity contribution in [3.05, 3.63) is 63.7 Å². The number of carbonyl (C=O) groups is 1. The van der Waals surface area contributed by atoms with E-state index >= 15 is 0 Å².